The Kier molecular flexibility index (Phi) is 9.02. The van der Waals surface area contributed by atoms with Crippen molar-refractivity contribution in [2.24, 2.45) is 5.10 Å². The first kappa shape index (κ1) is 22.3. The molecule has 0 bridgehead atoms. The molecule has 1 N–H and O–H groups in total. The molecule has 0 spiro atoms. The van der Waals surface area contributed by atoms with Crippen LogP contribution in [-0.4, -0.2) is 31.9 Å². The van der Waals surface area contributed by atoms with Crippen molar-refractivity contribution < 1.29 is 19.0 Å². The molecule has 0 aliphatic rings. The van der Waals surface area contributed by atoms with Crippen molar-refractivity contribution in [3.8, 4) is 17.2 Å². The topological polar surface area (TPSA) is 69.2 Å². The van der Waals surface area contributed by atoms with Crippen LogP contribution < -0.4 is 19.6 Å². The van der Waals surface area contributed by atoms with E-state index >= 15 is 0 Å². The van der Waals surface area contributed by atoms with Crippen LogP contribution in [0.25, 0.3) is 0 Å². The third-order valence-corrected chi connectivity index (χ3v) is 4.40. The number of hydrogen-bond acceptors (Lipinski definition) is 5. The van der Waals surface area contributed by atoms with Crippen LogP contribution in [0.4, 0.5) is 0 Å². The summed E-state index contributed by atoms with van der Waals surface area (Å²) in [6.45, 7) is 9.16. The van der Waals surface area contributed by atoms with E-state index < -0.39 is 0 Å². The molecule has 1 atom stereocenters. The van der Waals surface area contributed by atoms with Gasteiger partial charge in [0.1, 0.15) is 5.75 Å². The van der Waals surface area contributed by atoms with Gasteiger partial charge in [-0.1, -0.05) is 26.0 Å². The van der Waals surface area contributed by atoms with Gasteiger partial charge in [0.2, 0.25) is 0 Å². The first-order valence-corrected chi connectivity index (χ1v) is 10.0. The fourth-order valence-electron chi connectivity index (χ4n) is 2.64. The average Bonchev–Trinajstić information content (AvgIpc) is 2.74. The van der Waals surface area contributed by atoms with E-state index in [-0.39, 0.29) is 12.5 Å². The van der Waals surface area contributed by atoms with Gasteiger partial charge in [-0.3, -0.25) is 4.79 Å². The number of hydrogen-bond donors (Lipinski definition) is 1. The molecule has 1 amide bonds. The van der Waals surface area contributed by atoms with Crippen LogP contribution in [0.3, 0.4) is 0 Å². The van der Waals surface area contributed by atoms with Crippen molar-refractivity contribution in [1.29, 1.82) is 0 Å². The number of carbonyl (C=O) groups is 1. The standard InChI is InChI=1S/C23H30N2O4/c1-5-17(4)19-9-11-20(12-10-19)29-16-23(26)25-24-15-18-8-13-21(27-6-2)22(14-18)28-7-3/h8-15,17H,5-7,16H2,1-4H3,(H,25,26)/b24-15-/t17-/m1/s1. The average molecular weight is 399 g/mol. The van der Waals surface area contributed by atoms with E-state index in [2.05, 4.69) is 24.4 Å². The van der Waals surface area contributed by atoms with Crippen LogP contribution in [0.1, 0.15) is 51.2 Å². The lowest BCUT2D eigenvalue weighted by Gasteiger charge is -2.11. The summed E-state index contributed by atoms with van der Waals surface area (Å²) >= 11 is 0. The highest BCUT2D eigenvalue weighted by Gasteiger charge is 2.06. The summed E-state index contributed by atoms with van der Waals surface area (Å²) in [5.74, 6) is 2.16. The third kappa shape index (κ3) is 7.14. The van der Waals surface area contributed by atoms with Crippen LogP contribution in [0, 0.1) is 0 Å². The highest BCUT2D eigenvalue weighted by Crippen LogP contribution is 2.28. The molecule has 0 aromatic heterocycles. The molecule has 6 heteroatoms. The quantitative estimate of drug-likeness (QED) is 0.446. The van der Waals surface area contributed by atoms with Gasteiger partial charge in [-0.15, -0.1) is 0 Å². The van der Waals surface area contributed by atoms with Crippen molar-refractivity contribution >= 4 is 12.1 Å². The Morgan fingerprint density at radius 1 is 1.00 bits per heavy atom. The molecule has 0 radical (unpaired) electrons. The van der Waals surface area contributed by atoms with E-state index in [0.717, 1.165) is 12.0 Å². The van der Waals surface area contributed by atoms with E-state index in [9.17, 15) is 4.79 Å². The van der Waals surface area contributed by atoms with E-state index in [1.165, 1.54) is 5.56 Å². The summed E-state index contributed by atoms with van der Waals surface area (Å²) in [6.07, 6.45) is 2.64. The van der Waals surface area contributed by atoms with Crippen LogP contribution in [0.5, 0.6) is 17.2 Å². The SMILES string of the molecule is CCOc1ccc(/C=N\NC(=O)COc2ccc([C@H](C)CC)cc2)cc1OCC. The minimum atomic E-state index is -0.330. The molecule has 29 heavy (non-hydrogen) atoms. The Balaban J connectivity index is 1.85. The zero-order chi connectivity index (χ0) is 21.1. The Labute approximate surface area is 172 Å². The minimum Gasteiger partial charge on any atom is -0.490 e. The smallest absolute Gasteiger partial charge is 0.277 e. The molecule has 2 aromatic carbocycles. The Morgan fingerprint density at radius 3 is 2.34 bits per heavy atom. The van der Waals surface area contributed by atoms with Crippen molar-refractivity contribution in [2.45, 2.75) is 40.0 Å². The van der Waals surface area contributed by atoms with Gasteiger partial charge in [0.05, 0.1) is 19.4 Å². The normalized spacial score (nSPS) is 11.9. The third-order valence-electron chi connectivity index (χ3n) is 4.40. The second kappa shape index (κ2) is 11.7. The molecular formula is C23H30N2O4. The molecule has 0 fully saturated rings. The lowest BCUT2D eigenvalue weighted by Crippen LogP contribution is -2.24. The van der Waals surface area contributed by atoms with Crippen LogP contribution in [0.15, 0.2) is 47.6 Å². The Bertz CT molecular complexity index is 803. The van der Waals surface area contributed by atoms with E-state index in [1.807, 2.05) is 56.3 Å². The number of rotatable bonds is 11. The minimum absolute atomic E-state index is 0.104. The van der Waals surface area contributed by atoms with Gasteiger partial charge < -0.3 is 14.2 Å². The van der Waals surface area contributed by atoms with Crippen molar-refractivity contribution in [1.82, 2.24) is 5.43 Å². The maximum absolute atomic E-state index is 11.9. The van der Waals surface area contributed by atoms with E-state index in [0.29, 0.717) is 36.4 Å². The van der Waals surface area contributed by atoms with E-state index in [4.69, 9.17) is 14.2 Å². The molecule has 0 aliphatic heterocycles. The number of hydrazone groups is 1. The molecule has 2 rings (SSSR count). The number of ether oxygens (including phenoxy) is 3. The van der Waals surface area contributed by atoms with Gasteiger partial charge >= 0.3 is 0 Å². The number of benzene rings is 2. The molecule has 0 aliphatic carbocycles. The lowest BCUT2D eigenvalue weighted by molar-refractivity contribution is -0.123. The molecule has 2 aromatic rings. The second-order valence-electron chi connectivity index (χ2n) is 6.53. The monoisotopic (exact) mass is 398 g/mol. The first-order valence-electron chi connectivity index (χ1n) is 10.0. The van der Waals surface area contributed by atoms with Crippen LogP contribution in [0.2, 0.25) is 0 Å². The van der Waals surface area contributed by atoms with Crippen LogP contribution in [-0.2, 0) is 4.79 Å². The molecule has 0 heterocycles. The molecule has 0 saturated heterocycles. The van der Waals surface area contributed by atoms with Gasteiger partial charge in [-0.05, 0) is 67.6 Å². The number of amides is 1. The number of carbonyl (C=O) groups excluding carboxylic acids is 1. The van der Waals surface area contributed by atoms with Crippen molar-refractivity contribution in [3.05, 3.63) is 53.6 Å². The van der Waals surface area contributed by atoms with Crippen LogP contribution >= 0.6 is 0 Å². The molecule has 6 nitrogen and oxygen atoms in total. The summed E-state index contributed by atoms with van der Waals surface area (Å²) < 4.78 is 16.6. The van der Waals surface area contributed by atoms with Gasteiger partial charge in [0.25, 0.3) is 5.91 Å². The number of nitrogens with one attached hydrogen (secondary N) is 1. The lowest BCUT2D eigenvalue weighted by atomic mass is 9.99. The maximum Gasteiger partial charge on any atom is 0.277 e. The predicted octanol–water partition coefficient (Wildman–Crippen LogP) is 4.53. The predicted molar refractivity (Wildman–Crippen MR) is 115 cm³/mol. The van der Waals surface area contributed by atoms with E-state index in [1.54, 1.807) is 6.21 Å². The molecular weight excluding hydrogens is 368 g/mol. The largest absolute Gasteiger partial charge is 0.490 e. The maximum atomic E-state index is 11.9. The fourth-order valence-corrected chi connectivity index (χ4v) is 2.64. The molecule has 156 valence electrons. The molecule has 0 unspecified atom stereocenters. The second-order valence-corrected chi connectivity index (χ2v) is 6.53. The highest BCUT2D eigenvalue weighted by atomic mass is 16.5. The number of nitrogens with zero attached hydrogens (tertiary/aromatic N) is 1. The Morgan fingerprint density at radius 2 is 1.69 bits per heavy atom. The zero-order valence-electron chi connectivity index (χ0n) is 17.6. The Hall–Kier alpha value is -3.02. The van der Waals surface area contributed by atoms with Gasteiger partial charge in [0, 0.05) is 0 Å². The first-order chi connectivity index (χ1) is 14.1. The van der Waals surface area contributed by atoms with Crippen molar-refractivity contribution in [2.75, 3.05) is 19.8 Å². The van der Waals surface area contributed by atoms with Gasteiger partial charge in [0.15, 0.2) is 18.1 Å². The fraction of sp³-hybridized carbons (Fsp3) is 0.391. The summed E-state index contributed by atoms with van der Waals surface area (Å²) in [7, 11) is 0. The van der Waals surface area contributed by atoms with Gasteiger partial charge in [-0.25, -0.2) is 5.43 Å². The highest BCUT2D eigenvalue weighted by molar-refractivity contribution is 5.83. The summed E-state index contributed by atoms with van der Waals surface area (Å²) in [5.41, 5.74) is 4.52. The van der Waals surface area contributed by atoms with Crippen molar-refractivity contribution in [3.63, 3.8) is 0 Å². The summed E-state index contributed by atoms with van der Waals surface area (Å²) in [6, 6.07) is 13.3. The zero-order valence-corrected chi connectivity index (χ0v) is 17.6. The summed E-state index contributed by atoms with van der Waals surface area (Å²) in [5, 5.41) is 3.98. The summed E-state index contributed by atoms with van der Waals surface area (Å²) in [4.78, 5) is 11.9. The molecule has 0 saturated carbocycles. The van der Waals surface area contributed by atoms with Gasteiger partial charge in [-0.2, -0.15) is 5.10 Å².